The Morgan fingerprint density at radius 2 is 2.00 bits per heavy atom. The summed E-state index contributed by atoms with van der Waals surface area (Å²) in [5.74, 6) is 0.111. The summed E-state index contributed by atoms with van der Waals surface area (Å²) in [4.78, 5) is 22.9. The van der Waals surface area contributed by atoms with Crippen molar-refractivity contribution in [3.05, 3.63) is 17.5 Å². The Kier molecular flexibility index (Phi) is 6.41. The number of ether oxygens (including phenoxy) is 2. The second-order valence-electron chi connectivity index (χ2n) is 3.65. The lowest BCUT2D eigenvalue weighted by molar-refractivity contribution is -0.139. The molecule has 0 aliphatic carbocycles. The van der Waals surface area contributed by atoms with E-state index in [1.165, 1.54) is 18.0 Å². The lowest BCUT2D eigenvalue weighted by atomic mass is 10.3. The highest BCUT2D eigenvalue weighted by atomic mass is 32.2. The first-order chi connectivity index (χ1) is 9.10. The van der Waals surface area contributed by atoms with Crippen LogP contribution in [0, 0.1) is 0 Å². The van der Waals surface area contributed by atoms with Crippen molar-refractivity contribution < 1.29 is 19.1 Å². The molecule has 0 saturated carbocycles. The molecule has 0 fully saturated rings. The van der Waals surface area contributed by atoms with Crippen molar-refractivity contribution in [1.29, 1.82) is 0 Å². The topological polar surface area (TPSA) is 70.4 Å². The van der Waals surface area contributed by atoms with Crippen LogP contribution >= 0.6 is 11.8 Å². The van der Waals surface area contributed by atoms with Gasteiger partial charge in [-0.1, -0.05) is 0 Å². The zero-order valence-electron chi connectivity index (χ0n) is 11.3. The quantitative estimate of drug-likeness (QED) is 0.706. The first kappa shape index (κ1) is 15.6. The van der Waals surface area contributed by atoms with E-state index >= 15 is 0 Å². The minimum atomic E-state index is -0.387. The zero-order chi connectivity index (χ0) is 14.3. The molecule has 0 N–H and O–H groups in total. The van der Waals surface area contributed by atoms with Gasteiger partial charge in [-0.15, -0.1) is 11.8 Å². The Hall–Kier alpha value is -1.50. The normalized spacial score (nSPS) is 10.3. The number of aromatic nitrogens is 2. The standard InChI is InChI=1S/C12H18N2O4S/c1-4-17-11(15)8-19-7-10-9(6-13-14(10)3)12(16)18-5-2/h6H,4-5,7-8H2,1-3H3. The molecule has 0 radical (unpaired) electrons. The van der Waals surface area contributed by atoms with Crippen LogP contribution in [-0.2, 0) is 27.1 Å². The molecule has 0 saturated heterocycles. The lowest BCUT2D eigenvalue weighted by Gasteiger charge is -2.06. The Morgan fingerprint density at radius 3 is 2.63 bits per heavy atom. The molecule has 19 heavy (non-hydrogen) atoms. The van der Waals surface area contributed by atoms with Crippen LogP contribution in [0.4, 0.5) is 0 Å². The molecule has 0 atom stereocenters. The Bertz CT molecular complexity index is 445. The van der Waals surface area contributed by atoms with Crippen LogP contribution in [0.25, 0.3) is 0 Å². The van der Waals surface area contributed by atoms with Crippen molar-refractivity contribution in [3.8, 4) is 0 Å². The predicted octanol–water partition coefficient (Wildman–Crippen LogP) is 1.39. The molecule has 1 aromatic heterocycles. The van der Waals surface area contributed by atoms with Gasteiger partial charge in [0.25, 0.3) is 0 Å². The van der Waals surface area contributed by atoms with Crippen molar-refractivity contribution in [2.45, 2.75) is 19.6 Å². The Balaban J connectivity index is 2.60. The maximum Gasteiger partial charge on any atom is 0.341 e. The summed E-state index contributed by atoms with van der Waals surface area (Å²) in [6.45, 7) is 4.22. The molecular weight excluding hydrogens is 268 g/mol. The van der Waals surface area contributed by atoms with E-state index in [9.17, 15) is 9.59 Å². The molecule has 1 heterocycles. The highest BCUT2D eigenvalue weighted by Gasteiger charge is 2.17. The van der Waals surface area contributed by atoms with E-state index in [1.54, 1.807) is 25.6 Å². The molecule has 0 spiro atoms. The average molecular weight is 286 g/mol. The van der Waals surface area contributed by atoms with Crippen LogP contribution in [0.5, 0.6) is 0 Å². The summed E-state index contributed by atoms with van der Waals surface area (Å²) in [6, 6.07) is 0. The number of esters is 2. The molecule has 0 aliphatic heterocycles. The smallest absolute Gasteiger partial charge is 0.341 e. The SMILES string of the molecule is CCOC(=O)CSCc1c(C(=O)OCC)cnn1C. The first-order valence-corrected chi connectivity index (χ1v) is 7.16. The maximum absolute atomic E-state index is 11.7. The Labute approximate surface area is 116 Å². The largest absolute Gasteiger partial charge is 0.465 e. The van der Waals surface area contributed by atoms with E-state index in [4.69, 9.17) is 9.47 Å². The summed E-state index contributed by atoms with van der Waals surface area (Å²) < 4.78 is 11.4. The first-order valence-electron chi connectivity index (χ1n) is 6.01. The fourth-order valence-electron chi connectivity index (χ4n) is 1.45. The summed E-state index contributed by atoms with van der Waals surface area (Å²) >= 11 is 1.38. The fraction of sp³-hybridized carbons (Fsp3) is 0.583. The van der Waals surface area contributed by atoms with Crippen molar-refractivity contribution in [3.63, 3.8) is 0 Å². The molecular formula is C12H18N2O4S. The van der Waals surface area contributed by atoms with Crippen LogP contribution < -0.4 is 0 Å². The number of hydrogen-bond donors (Lipinski definition) is 0. The van der Waals surface area contributed by atoms with E-state index < -0.39 is 0 Å². The molecule has 0 unspecified atom stereocenters. The highest BCUT2D eigenvalue weighted by Crippen LogP contribution is 2.17. The summed E-state index contributed by atoms with van der Waals surface area (Å²) in [5, 5.41) is 4.04. The molecule has 1 aromatic rings. The molecule has 0 amide bonds. The van der Waals surface area contributed by atoms with Crippen LogP contribution in [0.2, 0.25) is 0 Å². The van der Waals surface area contributed by atoms with Crippen LogP contribution in [-0.4, -0.2) is 40.7 Å². The van der Waals surface area contributed by atoms with Gasteiger partial charge in [-0.25, -0.2) is 4.79 Å². The molecule has 6 nitrogen and oxygen atoms in total. The number of thioether (sulfide) groups is 1. The number of rotatable bonds is 7. The second-order valence-corrected chi connectivity index (χ2v) is 4.63. The van der Waals surface area contributed by atoms with Crippen LogP contribution in [0.15, 0.2) is 6.20 Å². The van der Waals surface area contributed by atoms with Gasteiger partial charge in [0.05, 0.1) is 30.9 Å². The summed E-state index contributed by atoms with van der Waals surface area (Å²) in [6.07, 6.45) is 1.48. The third-order valence-electron chi connectivity index (χ3n) is 2.32. The van der Waals surface area contributed by atoms with Crippen LogP contribution in [0.1, 0.15) is 29.9 Å². The van der Waals surface area contributed by atoms with Gasteiger partial charge >= 0.3 is 11.9 Å². The number of carbonyl (C=O) groups is 2. The van der Waals surface area contributed by atoms with Gasteiger partial charge in [-0.2, -0.15) is 5.10 Å². The van der Waals surface area contributed by atoms with Gasteiger partial charge in [0.2, 0.25) is 0 Å². The van der Waals surface area contributed by atoms with E-state index in [0.717, 1.165) is 5.69 Å². The molecule has 106 valence electrons. The van der Waals surface area contributed by atoms with Gasteiger partial charge < -0.3 is 9.47 Å². The van der Waals surface area contributed by atoms with E-state index in [0.29, 0.717) is 24.5 Å². The summed E-state index contributed by atoms with van der Waals surface area (Å²) in [7, 11) is 1.75. The van der Waals surface area contributed by atoms with E-state index in [1.807, 2.05) is 0 Å². The molecule has 0 aromatic carbocycles. The zero-order valence-corrected chi connectivity index (χ0v) is 12.2. The Morgan fingerprint density at radius 1 is 1.32 bits per heavy atom. The lowest BCUT2D eigenvalue weighted by Crippen LogP contribution is -2.10. The van der Waals surface area contributed by atoms with E-state index in [2.05, 4.69) is 5.10 Å². The minimum absolute atomic E-state index is 0.251. The average Bonchev–Trinajstić information content (AvgIpc) is 2.72. The van der Waals surface area contributed by atoms with Gasteiger partial charge in [0.15, 0.2) is 0 Å². The third-order valence-corrected chi connectivity index (χ3v) is 3.24. The monoisotopic (exact) mass is 286 g/mol. The number of carbonyl (C=O) groups excluding carboxylic acids is 2. The van der Waals surface area contributed by atoms with Gasteiger partial charge in [-0.05, 0) is 13.8 Å². The van der Waals surface area contributed by atoms with Crippen molar-refractivity contribution >= 4 is 23.7 Å². The molecule has 0 bridgehead atoms. The molecule has 1 rings (SSSR count). The van der Waals surface area contributed by atoms with Gasteiger partial charge in [-0.3, -0.25) is 9.48 Å². The van der Waals surface area contributed by atoms with Crippen molar-refractivity contribution in [2.24, 2.45) is 7.05 Å². The predicted molar refractivity (Wildman–Crippen MR) is 72.0 cm³/mol. The third kappa shape index (κ3) is 4.59. The van der Waals surface area contributed by atoms with Crippen LogP contribution in [0.3, 0.4) is 0 Å². The molecule has 0 aliphatic rings. The van der Waals surface area contributed by atoms with E-state index in [-0.39, 0.29) is 17.7 Å². The van der Waals surface area contributed by atoms with Crippen molar-refractivity contribution in [1.82, 2.24) is 9.78 Å². The number of hydrogen-bond acceptors (Lipinski definition) is 6. The van der Waals surface area contributed by atoms with Crippen molar-refractivity contribution in [2.75, 3.05) is 19.0 Å². The highest BCUT2D eigenvalue weighted by molar-refractivity contribution is 7.99. The molecule has 7 heteroatoms. The minimum Gasteiger partial charge on any atom is -0.465 e. The second kappa shape index (κ2) is 7.83. The number of aryl methyl sites for hydroxylation is 1. The fourth-order valence-corrected chi connectivity index (χ4v) is 2.33. The number of nitrogens with zero attached hydrogens (tertiary/aromatic N) is 2. The van der Waals surface area contributed by atoms with Gasteiger partial charge in [0.1, 0.15) is 5.56 Å². The maximum atomic E-state index is 11.7. The van der Waals surface area contributed by atoms with Gasteiger partial charge in [0, 0.05) is 12.8 Å². The summed E-state index contributed by atoms with van der Waals surface area (Å²) in [5.41, 5.74) is 1.19.